The molecule has 2 aliphatic heterocycles. The minimum absolute atomic E-state index is 0.00915. The Balaban J connectivity index is 1.11. The second kappa shape index (κ2) is 12.8. The van der Waals surface area contributed by atoms with E-state index in [1.165, 1.54) is 0 Å². The van der Waals surface area contributed by atoms with E-state index in [1.807, 2.05) is 63.7 Å². The van der Waals surface area contributed by atoms with Crippen molar-refractivity contribution in [2.75, 3.05) is 13.1 Å². The first kappa shape index (κ1) is 32.2. The van der Waals surface area contributed by atoms with Gasteiger partial charge in [-0.05, 0) is 78.4 Å². The van der Waals surface area contributed by atoms with Gasteiger partial charge in [0.25, 0.3) is 0 Å². The van der Waals surface area contributed by atoms with Gasteiger partial charge in [-0.15, -0.1) is 22.7 Å². The van der Waals surface area contributed by atoms with Crippen LogP contribution >= 0.6 is 22.7 Å². The molecule has 0 aliphatic carbocycles. The molecule has 0 radical (unpaired) electrons. The summed E-state index contributed by atoms with van der Waals surface area (Å²) in [5.74, 6) is 0. The quantitative estimate of drug-likeness (QED) is 0.212. The van der Waals surface area contributed by atoms with E-state index in [2.05, 4.69) is 48.5 Å². The third-order valence-corrected chi connectivity index (χ3v) is 10.4. The van der Waals surface area contributed by atoms with Crippen molar-refractivity contribution in [3.05, 3.63) is 70.7 Å². The van der Waals surface area contributed by atoms with Crippen molar-refractivity contribution in [1.29, 1.82) is 0 Å². The van der Waals surface area contributed by atoms with Crippen LogP contribution in [-0.4, -0.2) is 56.2 Å². The molecule has 2 amide bonds. The lowest BCUT2D eigenvalue weighted by molar-refractivity contribution is 0.0216. The molecule has 0 saturated carbocycles. The van der Waals surface area contributed by atoms with Crippen LogP contribution in [0.1, 0.15) is 89.1 Å². The summed E-state index contributed by atoms with van der Waals surface area (Å²) in [6, 6.07) is 17.0. The summed E-state index contributed by atoms with van der Waals surface area (Å²) < 4.78 is 11.3. The van der Waals surface area contributed by atoms with Crippen LogP contribution in [-0.2, 0) is 9.47 Å². The van der Waals surface area contributed by atoms with Gasteiger partial charge in [0, 0.05) is 46.4 Å². The van der Waals surface area contributed by atoms with E-state index in [0.717, 1.165) is 67.7 Å². The molecule has 2 saturated heterocycles. The van der Waals surface area contributed by atoms with Gasteiger partial charge >= 0.3 is 12.2 Å². The third-order valence-electron chi connectivity index (χ3n) is 8.06. The standard InChI is InChI=1S/C36H42N4O4S2/c1-35(2,3)43-33(41)39-19-7-9-27(39)29-21-37-31(45-29)25-15-11-23(12-16-25)24-13-17-26(18-14-24)32-38-22-30(46-32)28-10-8-20-40(28)34(42)44-36(4,5)6/h11-18,21-22,27-28H,7-10,19-20H2,1-6H3. The second-order valence-electron chi connectivity index (χ2n) is 14.0. The summed E-state index contributed by atoms with van der Waals surface area (Å²) in [4.78, 5) is 40.9. The minimum atomic E-state index is -0.516. The lowest BCUT2D eigenvalue weighted by Crippen LogP contribution is -2.36. The highest BCUT2D eigenvalue weighted by atomic mass is 32.1. The maximum atomic E-state index is 12.8. The van der Waals surface area contributed by atoms with Crippen LogP contribution in [0, 0.1) is 0 Å². The van der Waals surface area contributed by atoms with Gasteiger partial charge in [0.1, 0.15) is 21.2 Å². The molecule has 242 valence electrons. The first-order chi connectivity index (χ1) is 21.8. The highest BCUT2D eigenvalue weighted by molar-refractivity contribution is 7.15. The first-order valence-corrected chi connectivity index (χ1v) is 17.6. The molecule has 8 nitrogen and oxygen atoms in total. The van der Waals surface area contributed by atoms with Gasteiger partial charge in [-0.2, -0.15) is 0 Å². The molecule has 0 spiro atoms. The Bertz CT molecular complexity index is 1560. The van der Waals surface area contributed by atoms with Gasteiger partial charge in [0.15, 0.2) is 0 Å². The highest BCUT2D eigenvalue weighted by Gasteiger charge is 2.35. The molecule has 4 heterocycles. The van der Waals surface area contributed by atoms with E-state index >= 15 is 0 Å². The van der Waals surface area contributed by atoms with Gasteiger partial charge in [-0.25, -0.2) is 19.6 Å². The Morgan fingerprint density at radius 2 is 0.978 bits per heavy atom. The topological polar surface area (TPSA) is 84.9 Å². The zero-order valence-corrected chi connectivity index (χ0v) is 29.0. The molecule has 2 unspecified atom stereocenters. The van der Waals surface area contributed by atoms with Crippen LogP contribution < -0.4 is 0 Å². The van der Waals surface area contributed by atoms with E-state index < -0.39 is 11.2 Å². The molecule has 2 fully saturated rings. The van der Waals surface area contributed by atoms with Crippen molar-refractivity contribution in [3.63, 3.8) is 0 Å². The number of ether oxygens (including phenoxy) is 2. The Kier molecular flexibility index (Phi) is 8.95. The normalized spacial score (nSPS) is 18.7. The second-order valence-corrected chi connectivity index (χ2v) is 16.1. The zero-order valence-electron chi connectivity index (χ0n) is 27.4. The predicted octanol–water partition coefficient (Wildman–Crippen LogP) is 9.74. The first-order valence-electron chi connectivity index (χ1n) is 16.0. The minimum Gasteiger partial charge on any atom is -0.444 e. The van der Waals surface area contributed by atoms with Crippen molar-refractivity contribution in [2.45, 2.75) is 90.5 Å². The number of aromatic nitrogens is 2. The van der Waals surface area contributed by atoms with Crippen LogP contribution in [0.15, 0.2) is 60.9 Å². The molecule has 2 aromatic heterocycles. The van der Waals surface area contributed by atoms with Crippen LogP contribution in [0.4, 0.5) is 9.59 Å². The summed E-state index contributed by atoms with van der Waals surface area (Å²) >= 11 is 3.29. The average Bonchev–Trinajstić information content (AvgIpc) is 3.82. The predicted molar refractivity (Wildman–Crippen MR) is 184 cm³/mol. The monoisotopic (exact) mass is 658 g/mol. The largest absolute Gasteiger partial charge is 0.444 e. The van der Waals surface area contributed by atoms with Crippen molar-refractivity contribution >= 4 is 34.9 Å². The van der Waals surface area contributed by atoms with Crippen molar-refractivity contribution in [3.8, 4) is 32.3 Å². The van der Waals surface area contributed by atoms with Crippen molar-refractivity contribution < 1.29 is 19.1 Å². The Hall–Kier alpha value is -3.76. The van der Waals surface area contributed by atoms with E-state index in [4.69, 9.17) is 19.4 Å². The van der Waals surface area contributed by atoms with Crippen LogP contribution in [0.3, 0.4) is 0 Å². The van der Waals surface area contributed by atoms with Crippen LogP contribution in [0.25, 0.3) is 32.3 Å². The number of rotatable bonds is 5. The fourth-order valence-electron chi connectivity index (χ4n) is 5.96. The third kappa shape index (κ3) is 7.28. The van der Waals surface area contributed by atoms with E-state index in [9.17, 15) is 9.59 Å². The van der Waals surface area contributed by atoms with Crippen LogP contribution in [0.2, 0.25) is 0 Å². The molecule has 2 aliphatic rings. The summed E-state index contributed by atoms with van der Waals surface area (Å²) in [5, 5.41) is 1.89. The number of thiazole rings is 2. The number of benzene rings is 2. The molecule has 4 aromatic rings. The van der Waals surface area contributed by atoms with Gasteiger partial charge in [-0.1, -0.05) is 48.5 Å². The number of hydrogen-bond acceptors (Lipinski definition) is 8. The maximum absolute atomic E-state index is 12.8. The molecule has 2 atom stereocenters. The Labute approximate surface area is 279 Å². The Morgan fingerprint density at radius 1 is 0.630 bits per heavy atom. The smallest absolute Gasteiger partial charge is 0.410 e. The fourth-order valence-corrected chi connectivity index (χ4v) is 8.10. The number of hydrogen-bond donors (Lipinski definition) is 0. The van der Waals surface area contributed by atoms with Crippen LogP contribution in [0.5, 0.6) is 0 Å². The molecule has 10 heteroatoms. The Morgan fingerprint density at radius 3 is 1.33 bits per heavy atom. The zero-order chi connectivity index (χ0) is 32.6. The SMILES string of the molecule is CC(C)(C)OC(=O)N1CCCC1c1cnc(-c2ccc(-c3ccc(-c4ncc(C5CCCN5C(=O)OC(C)(C)C)s4)cc3)cc2)s1. The average molecular weight is 659 g/mol. The maximum Gasteiger partial charge on any atom is 0.410 e. The van der Waals surface area contributed by atoms with Crippen molar-refractivity contribution in [1.82, 2.24) is 19.8 Å². The molecular formula is C36H42N4O4S2. The molecule has 6 rings (SSSR count). The number of nitrogens with zero attached hydrogens (tertiary/aromatic N) is 4. The van der Waals surface area contributed by atoms with Gasteiger partial charge in [0.2, 0.25) is 0 Å². The van der Waals surface area contributed by atoms with E-state index in [-0.39, 0.29) is 24.3 Å². The van der Waals surface area contributed by atoms with Gasteiger partial charge in [0.05, 0.1) is 12.1 Å². The molecule has 46 heavy (non-hydrogen) atoms. The molecule has 0 N–H and O–H groups in total. The molecular weight excluding hydrogens is 617 g/mol. The highest BCUT2D eigenvalue weighted by Crippen LogP contribution is 2.40. The lowest BCUT2D eigenvalue weighted by atomic mass is 10.0. The number of carbonyl (C=O) groups is 2. The van der Waals surface area contributed by atoms with E-state index in [0.29, 0.717) is 13.1 Å². The summed E-state index contributed by atoms with van der Waals surface area (Å²) in [6.45, 7) is 12.8. The summed E-state index contributed by atoms with van der Waals surface area (Å²) in [7, 11) is 0. The molecule has 2 aromatic carbocycles. The summed E-state index contributed by atoms with van der Waals surface area (Å²) in [6.07, 6.45) is 7.07. The van der Waals surface area contributed by atoms with Gasteiger partial charge < -0.3 is 19.3 Å². The number of amides is 2. The lowest BCUT2D eigenvalue weighted by Gasteiger charge is -2.28. The van der Waals surface area contributed by atoms with Crippen molar-refractivity contribution in [2.24, 2.45) is 0 Å². The van der Waals surface area contributed by atoms with Gasteiger partial charge in [-0.3, -0.25) is 0 Å². The number of likely N-dealkylation sites (tertiary alicyclic amines) is 2. The van der Waals surface area contributed by atoms with E-state index in [1.54, 1.807) is 22.7 Å². The fraction of sp³-hybridized carbons (Fsp3) is 0.444. The number of carbonyl (C=O) groups excluding carboxylic acids is 2. The summed E-state index contributed by atoms with van der Waals surface area (Å²) in [5.41, 5.74) is 3.33. The molecule has 0 bridgehead atoms.